The van der Waals surface area contributed by atoms with E-state index in [0.717, 1.165) is 45.4 Å². The van der Waals surface area contributed by atoms with Gasteiger partial charge in [0.15, 0.2) is 5.82 Å². The number of rotatable bonds is 5. The Labute approximate surface area is 208 Å². The lowest BCUT2D eigenvalue weighted by molar-refractivity contribution is 0.102. The van der Waals surface area contributed by atoms with Crippen LogP contribution in [0, 0.1) is 0 Å². The number of carbonyl (C=O) groups excluding carboxylic acids is 1. The number of hydrogen-bond acceptors (Lipinski definition) is 4. The average molecular weight is 479 g/mol. The smallest absolute Gasteiger partial charge is 0.257 e. The molecule has 0 aliphatic heterocycles. The van der Waals surface area contributed by atoms with Gasteiger partial charge in [-0.3, -0.25) is 4.79 Å². The second-order valence-electron chi connectivity index (χ2n) is 8.19. The zero-order chi connectivity index (χ0) is 24.4. The number of para-hydroxylation sites is 1. The molecule has 5 nitrogen and oxygen atoms in total. The van der Waals surface area contributed by atoms with E-state index in [1.165, 1.54) is 0 Å². The second-order valence-corrected chi connectivity index (χ2v) is 8.63. The molecule has 0 saturated carbocycles. The molecule has 0 spiro atoms. The predicted molar refractivity (Wildman–Crippen MR) is 144 cm³/mol. The van der Waals surface area contributed by atoms with Gasteiger partial charge in [0.25, 0.3) is 5.91 Å². The molecule has 1 aromatic heterocycles. The average Bonchev–Trinajstić information content (AvgIpc) is 2.88. The topological polar surface area (TPSA) is 80.9 Å². The van der Waals surface area contributed by atoms with Crippen molar-refractivity contribution in [1.82, 2.24) is 9.97 Å². The highest BCUT2D eigenvalue weighted by atomic mass is 35.5. The number of anilines is 2. The minimum Gasteiger partial charge on any atom is -0.398 e. The van der Waals surface area contributed by atoms with Crippen LogP contribution in [0.2, 0.25) is 5.02 Å². The van der Waals surface area contributed by atoms with Gasteiger partial charge in [-0.15, -0.1) is 0 Å². The molecule has 4 aromatic carbocycles. The summed E-state index contributed by atoms with van der Waals surface area (Å²) < 4.78 is 0. The van der Waals surface area contributed by atoms with E-state index in [4.69, 9.17) is 27.3 Å². The summed E-state index contributed by atoms with van der Waals surface area (Å²) in [6.45, 7) is 2.05. The SMILES string of the molecule is CCc1ccccc1NC(=O)c1ccc(-c2nc(-c3ccccc3)c3cc(Cl)ccc3n2)cc1N. The fourth-order valence-electron chi connectivity index (χ4n) is 4.09. The number of fused-ring (bicyclic) bond motifs is 1. The van der Waals surface area contributed by atoms with E-state index in [-0.39, 0.29) is 5.91 Å². The molecule has 0 saturated heterocycles. The third-order valence-electron chi connectivity index (χ3n) is 5.91. The van der Waals surface area contributed by atoms with Gasteiger partial charge in [0.2, 0.25) is 0 Å². The number of aromatic nitrogens is 2. The van der Waals surface area contributed by atoms with E-state index < -0.39 is 0 Å². The number of benzene rings is 4. The summed E-state index contributed by atoms with van der Waals surface area (Å²) in [7, 11) is 0. The molecule has 172 valence electrons. The zero-order valence-electron chi connectivity index (χ0n) is 19.1. The summed E-state index contributed by atoms with van der Waals surface area (Å²) >= 11 is 6.27. The fraction of sp³-hybridized carbons (Fsp3) is 0.0690. The molecule has 3 N–H and O–H groups in total. The Balaban J connectivity index is 1.54. The molecule has 0 atom stereocenters. The Kier molecular flexibility index (Phi) is 6.17. The van der Waals surface area contributed by atoms with E-state index >= 15 is 0 Å². The predicted octanol–water partition coefficient (Wildman–Crippen LogP) is 7.01. The van der Waals surface area contributed by atoms with Crippen molar-refractivity contribution >= 4 is 39.8 Å². The number of nitrogen functional groups attached to an aromatic ring is 1. The maximum atomic E-state index is 13.0. The third-order valence-corrected chi connectivity index (χ3v) is 6.14. The Bertz CT molecular complexity index is 1550. The summed E-state index contributed by atoms with van der Waals surface area (Å²) in [5, 5.41) is 4.46. The summed E-state index contributed by atoms with van der Waals surface area (Å²) in [4.78, 5) is 22.6. The van der Waals surface area contributed by atoms with Crippen LogP contribution in [0.5, 0.6) is 0 Å². The van der Waals surface area contributed by atoms with Crippen LogP contribution in [-0.4, -0.2) is 15.9 Å². The summed E-state index contributed by atoms with van der Waals surface area (Å²) in [6.07, 6.45) is 0.819. The number of nitrogens with zero attached hydrogens (tertiary/aromatic N) is 2. The number of halogens is 1. The quantitative estimate of drug-likeness (QED) is 0.266. The number of amides is 1. The Hall–Kier alpha value is -4.22. The lowest BCUT2D eigenvalue weighted by Crippen LogP contribution is -2.15. The van der Waals surface area contributed by atoms with Gasteiger partial charge in [0.1, 0.15) is 0 Å². The molecule has 0 aliphatic carbocycles. The Morgan fingerprint density at radius 2 is 1.66 bits per heavy atom. The number of nitrogens with two attached hydrogens (primary N) is 1. The molecule has 35 heavy (non-hydrogen) atoms. The Morgan fingerprint density at radius 1 is 0.886 bits per heavy atom. The number of aryl methyl sites for hydroxylation is 1. The molecule has 6 heteroatoms. The number of nitrogens with one attached hydrogen (secondary N) is 1. The monoisotopic (exact) mass is 478 g/mol. The molecular weight excluding hydrogens is 456 g/mol. The first-order chi connectivity index (χ1) is 17.0. The lowest BCUT2D eigenvalue weighted by Gasteiger charge is -2.13. The fourth-order valence-corrected chi connectivity index (χ4v) is 4.27. The lowest BCUT2D eigenvalue weighted by atomic mass is 10.0. The number of carbonyl (C=O) groups is 1. The van der Waals surface area contributed by atoms with Crippen LogP contribution in [0.25, 0.3) is 33.5 Å². The van der Waals surface area contributed by atoms with Crippen LogP contribution < -0.4 is 11.1 Å². The van der Waals surface area contributed by atoms with Crippen LogP contribution in [0.3, 0.4) is 0 Å². The normalized spacial score (nSPS) is 10.9. The van der Waals surface area contributed by atoms with Crippen LogP contribution >= 0.6 is 11.6 Å². The minimum atomic E-state index is -0.256. The molecule has 0 bridgehead atoms. The molecular formula is C29H23ClN4O. The first-order valence-electron chi connectivity index (χ1n) is 11.4. The van der Waals surface area contributed by atoms with Gasteiger partial charge in [-0.2, -0.15) is 0 Å². The highest BCUT2D eigenvalue weighted by molar-refractivity contribution is 6.31. The maximum absolute atomic E-state index is 13.0. The van der Waals surface area contributed by atoms with E-state index in [0.29, 0.717) is 22.1 Å². The first-order valence-corrected chi connectivity index (χ1v) is 11.7. The van der Waals surface area contributed by atoms with E-state index in [1.54, 1.807) is 12.1 Å². The molecule has 0 fully saturated rings. The van der Waals surface area contributed by atoms with Crippen LogP contribution in [0.15, 0.2) is 91.0 Å². The van der Waals surface area contributed by atoms with Gasteiger partial charge in [0.05, 0.1) is 16.8 Å². The number of hydrogen-bond donors (Lipinski definition) is 2. The van der Waals surface area contributed by atoms with Crippen LogP contribution in [-0.2, 0) is 6.42 Å². The van der Waals surface area contributed by atoms with Gasteiger partial charge in [0, 0.05) is 32.9 Å². The van der Waals surface area contributed by atoms with E-state index in [1.807, 2.05) is 78.9 Å². The molecule has 0 aliphatic rings. The first kappa shape index (κ1) is 22.6. The highest BCUT2D eigenvalue weighted by Gasteiger charge is 2.16. The van der Waals surface area contributed by atoms with Crippen molar-refractivity contribution < 1.29 is 4.79 Å². The third kappa shape index (κ3) is 4.59. The van der Waals surface area contributed by atoms with E-state index in [9.17, 15) is 4.79 Å². The van der Waals surface area contributed by atoms with Gasteiger partial charge in [-0.1, -0.05) is 73.1 Å². The van der Waals surface area contributed by atoms with E-state index in [2.05, 4.69) is 12.2 Å². The molecule has 1 heterocycles. The zero-order valence-corrected chi connectivity index (χ0v) is 19.9. The van der Waals surface area contributed by atoms with Gasteiger partial charge in [-0.25, -0.2) is 9.97 Å². The standard InChI is InChI=1S/C29H23ClN4O/c1-2-18-8-6-7-11-25(18)33-29(35)22-14-12-20(16-24(22)31)28-32-26-15-13-21(30)17-23(26)27(34-28)19-9-4-3-5-10-19/h3-17H,2,31H2,1H3,(H,33,35). The summed E-state index contributed by atoms with van der Waals surface area (Å²) in [5.41, 5.74) is 12.2. The van der Waals surface area contributed by atoms with Crippen molar-refractivity contribution in [2.45, 2.75) is 13.3 Å². The summed E-state index contributed by atoms with van der Waals surface area (Å²) in [6, 6.07) is 28.5. The van der Waals surface area contributed by atoms with Gasteiger partial charge < -0.3 is 11.1 Å². The van der Waals surface area contributed by atoms with Crippen LogP contribution in [0.1, 0.15) is 22.8 Å². The van der Waals surface area contributed by atoms with Crippen molar-refractivity contribution in [3.8, 4) is 22.6 Å². The largest absolute Gasteiger partial charge is 0.398 e. The van der Waals surface area contributed by atoms with Crippen molar-refractivity contribution in [2.24, 2.45) is 0 Å². The van der Waals surface area contributed by atoms with Crippen molar-refractivity contribution in [3.05, 3.63) is 107 Å². The molecule has 0 unspecified atom stereocenters. The Morgan fingerprint density at radius 3 is 2.43 bits per heavy atom. The van der Waals surface area contributed by atoms with Crippen LogP contribution in [0.4, 0.5) is 11.4 Å². The molecule has 0 radical (unpaired) electrons. The van der Waals surface area contributed by atoms with Gasteiger partial charge >= 0.3 is 0 Å². The van der Waals surface area contributed by atoms with Crippen molar-refractivity contribution in [2.75, 3.05) is 11.1 Å². The molecule has 5 aromatic rings. The summed E-state index contributed by atoms with van der Waals surface area (Å²) in [5.74, 6) is 0.266. The minimum absolute atomic E-state index is 0.256. The highest BCUT2D eigenvalue weighted by Crippen LogP contribution is 2.32. The second kappa shape index (κ2) is 9.57. The molecule has 5 rings (SSSR count). The molecule has 1 amide bonds. The van der Waals surface area contributed by atoms with Gasteiger partial charge in [-0.05, 0) is 48.4 Å². The van der Waals surface area contributed by atoms with Crippen molar-refractivity contribution in [3.63, 3.8) is 0 Å². The maximum Gasteiger partial charge on any atom is 0.257 e. The van der Waals surface area contributed by atoms with Crippen molar-refractivity contribution in [1.29, 1.82) is 0 Å².